The van der Waals surface area contributed by atoms with Crippen LogP contribution in [0.15, 0.2) is 0 Å². The summed E-state index contributed by atoms with van der Waals surface area (Å²) in [6.45, 7) is 0. The fourth-order valence-corrected chi connectivity index (χ4v) is 1.13. The van der Waals surface area contributed by atoms with E-state index in [4.69, 9.17) is 5.73 Å². The summed E-state index contributed by atoms with van der Waals surface area (Å²) in [4.78, 5) is 3.43. The largest absolute Gasteiger partial charge is 2.00 e. The van der Waals surface area contributed by atoms with Crippen molar-refractivity contribution in [3.05, 3.63) is 0 Å². The molecule has 0 aliphatic heterocycles. The van der Waals surface area contributed by atoms with Crippen LogP contribution in [0.4, 0.5) is 0 Å². The molecule has 1 aliphatic carbocycles. The number of rotatable bonds is 0. The van der Waals surface area contributed by atoms with Gasteiger partial charge in [-0.15, -0.1) is 0 Å². The van der Waals surface area contributed by atoms with Gasteiger partial charge in [0.25, 0.3) is 0 Å². The van der Waals surface area contributed by atoms with Crippen LogP contribution in [0.2, 0.25) is 0 Å². The molecule has 0 heterocycles. The molecule has 1 saturated carbocycles. The van der Waals surface area contributed by atoms with Gasteiger partial charge in [-0.1, -0.05) is 27.9 Å². The Kier molecular flexibility index (Phi) is 20.8. The third-order valence-electron chi connectivity index (χ3n) is 2.38. The normalized spacial score (nSPS) is 13.4. The molecule has 0 aromatic rings. The number of hydrogen-bond donors (Lipinski definition) is 1. The van der Waals surface area contributed by atoms with Gasteiger partial charge in [0, 0.05) is 34.2 Å². The minimum Gasteiger partial charge on any atom is -0.411 e. The maximum atomic E-state index is 5.63. The molecule has 1 aliphatic rings. The summed E-state index contributed by atoms with van der Waals surface area (Å²) in [6.07, 6.45) is 6.66. The van der Waals surface area contributed by atoms with E-state index in [0.29, 0.717) is 14.7 Å². The van der Waals surface area contributed by atoms with E-state index in [0.717, 1.165) is 0 Å². The third kappa shape index (κ3) is 21.1. The van der Waals surface area contributed by atoms with Crippen molar-refractivity contribution in [3.8, 4) is 0 Å². The first-order valence-electron chi connectivity index (χ1n) is 6.20. The number of thiocarbonyl (C=S) groups is 2. The molecule has 0 unspecified atom stereocenters. The zero-order valence-corrected chi connectivity index (χ0v) is 19.2. The van der Waals surface area contributed by atoms with Crippen molar-refractivity contribution in [2.45, 2.75) is 38.1 Å². The van der Waals surface area contributed by atoms with E-state index >= 15 is 0 Å². The van der Waals surface area contributed by atoms with Crippen LogP contribution < -0.4 is 5.73 Å². The minimum atomic E-state index is 0. The molecule has 1 rings (SSSR count). The first-order chi connectivity index (χ1) is 8.68. The summed E-state index contributed by atoms with van der Waals surface area (Å²) in [5.41, 5.74) is 5.63. The van der Waals surface area contributed by atoms with Gasteiger partial charge in [0.15, 0.2) is 0 Å². The molecule has 2 N–H and O–H groups in total. The summed E-state index contributed by atoms with van der Waals surface area (Å²) in [5.74, 6) is 0. The quantitative estimate of drug-likeness (QED) is 0.375. The van der Waals surface area contributed by atoms with Crippen LogP contribution in [-0.2, 0) is 44.7 Å². The van der Waals surface area contributed by atoms with E-state index < -0.39 is 0 Å². The standard InChI is InChI=1S/C6H13N.2C3H7NS2.Zn/c7-6-4-2-1-3-5-6;2*1-4(2)3(5)6;/h6H,1-5,7H2;2*1-2H3,(H,5,6);/q;;;+2/p-2. The van der Waals surface area contributed by atoms with E-state index in [2.05, 4.69) is 49.7 Å². The molecule has 0 atom stereocenters. The molecule has 0 bridgehead atoms. The zero-order chi connectivity index (χ0) is 15.4. The number of nitrogens with zero attached hydrogens (tertiary/aromatic N) is 2. The molecule has 114 valence electrons. The molecule has 0 spiro atoms. The number of nitrogens with two attached hydrogens (primary N) is 1. The SMILES string of the molecule is CN(C)C(=S)[S-].CN(C)C(=S)[S-].NC1CCCCC1.[Zn+2]. The fraction of sp³-hybridized carbons (Fsp3) is 0.833. The summed E-state index contributed by atoms with van der Waals surface area (Å²) in [6, 6.07) is 0.536. The van der Waals surface area contributed by atoms with Gasteiger partial charge in [-0.25, -0.2) is 0 Å². The topological polar surface area (TPSA) is 32.5 Å². The molecule has 20 heavy (non-hydrogen) atoms. The van der Waals surface area contributed by atoms with Gasteiger partial charge in [-0.2, -0.15) is 0 Å². The van der Waals surface area contributed by atoms with E-state index in [1.54, 1.807) is 9.80 Å². The maximum Gasteiger partial charge on any atom is 2.00 e. The van der Waals surface area contributed by atoms with Crippen LogP contribution in [0.3, 0.4) is 0 Å². The summed E-state index contributed by atoms with van der Waals surface area (Å²) in [5, 5.41) is 0. The molecule has 1 fully saturated rings. The first-order valence-corrected chi connectivity index (χ1v) is 7.84. The summed E-state index contributed by atoms with van der Waals surface area (Å²) >= 11 is 18.2. The van der Waals surface area contributed by atoms with Gasteiger partial charge < -0.3 is 65.2 Å². The average molecular weight is 405 g/mol. The van der Waals surface area contributed by atoms with Crippen molar-refractivity contribution in [2.24, 2.45) is 5.73 Å². The van der Waals surface area contributed by atoms with Crippen LogP contribution in [0.1, 0.15) is 32.1 Å². The maximum absolute atomic E-state index is 5.63. The van der Waals surface area contributed by atoms with Gasteiger partial charge in [-0.05, 0) is 12.8 Å². The van der Waals surface area contributed by atoms with E-state index in [9.17, 15) is 0 Å². The Labute approximate surface area is 159 Å². The van der Waals surface area contributed by atoms with Gasteiger partial charge in [0.2, 0.25) is 0 Å². The van der Waals surface area contributed by atoms with Gasteiger partial charge in [0.05, 0.1) is 0 Å². The second-order valence-electron chi connectivity index (χ2n) is 4.72. The van der Waals surface area contributed by atoms with Crippen molar-refractivity contribution in [3.63, 3.8) is 0 Å². The molecule has 3 nitrogen and oxygen atoms in total. The van der Waals surface area contributed by atoms with E-state index in [1.807, 2.05) is 28.2 Å². The summed E-state index contributed by atoms with van der Waals surface area (Å²) < 4.78 is 1.02. The Bertz CT molecular complexity index is 239. The van der Waals surface area contributed by atoms with Gasteiger partial charge in [-0.3, -0.25) is 0 Å². The van der Waals surface area contributed by atoms with Gasteiger partial charge >= 0.3 is 19.5 Å². The van der Waals surface area contributed by atoms with Crippen molar-refractivity contribution in [1.29, 1.82) is 0 Å². The fourth-order valence-electron chi connectivity index (χ4n) is 1.13. The van der Waals surface area contributed by atoms with Gasteiger partial charge in [0.1, 0.15) is 0 Å². The molecule has 0 amide bonds. The van der Waals surface area contributed by atoms with E-state index in [-0.39, 0.29) is 19.5 Å². The Morgan fingerprint density at radius 3 is 1.25 bits per heavy atom. The molecule has 0 aromatic heterocycles. The molecule has 8 heteroatoms. The Morgan fingerprint density at radius 2 is 1.15 bits per heavy atom. The summed E-state index contributed by atoms with van der Waals surface area (Å²) in [7, 11) is 7.31. The third-order valence-corrected chi connectivity index (χ3v) is 3.84. The molecular formula is C12H25N3S4Zn. The second-order valence-corrected chi connectivity index (χ2v) is 6.78. The van der Waals surface area contributed by atoms with Crippen molar-refractivity contribution in [1.82, 2.24) is 9.80 Å². The first kappa shape index (κ1) is 25.7. The van der Waals surface area contributed by atoms with Crippen LogP contribution in [0, 0.1) is 0 Å². The zero-order valence-electron chi connectivity index (χ0n) is 12.9. The minimum absolute atomic E-state index is 0. The molecule has 0 aromatic carbocycles. The number of hydrogen-bond acceptors (Lipinski definition) is 5. The van der Waals surface area contributed by atoms with Crippen LogP contribution in [-0.4, -0.2) is 52.7 Å². The molecule has 0 radical (unpaired) electrons. The average Bonchev–Trinajstić information content (AvgIpc) is 2.31. The second kappa shape index (κ2) is 16.2. The predicted molar refractivity (Wildman–Crippen MR) is 98.4 cm³/mol. The smallest absolute Gasteiger partial charge is 0.411 e. The van der Waals surface area contributed by atoms with Crippen LogP contribution in [0.25, 0.3) is 0 Å². The molecule has 0 saturated heterocycles. The monoisotopic (exact) mass is 403 g/mol. The van der Waals surface area contributed by atoms with Crippen molar-refractivity contribution >= 4 is 58.3 Å². The van der Waals surface area contributed by atoms with Crippen LogP contribution in [0.5, 0.6) is 0 Å². The Balaban J connectivity index is -0.000000213. The van der Waals surface area contributed by atoms with Crippen LogP contribution >= 0.6 is 24.4 Å². The van der Waals surface area contributed by atoms with Crippen molar-refractivity contribution in [2.75, 3.05) is 28.2 Å². The molecular weight excluding hydrogens is 380 g/mol. The predicted octanol–water partition coefficient (Wildman–Crippen LogP) is 2.03. The van der Waals surface area contributed by atoms with E-state index in [1.165, 1.54) is 32.1 Å². The Morgan fingerprint density at radius 1 is 0.900 bits per heavy atom. The van der Waals surface area contributed by atoms with Crippen molar-refractivity contribution < 1.29 is 19.5 Å². The Hall–Kier alpha value is 0.803.